The second kappa shape index (κ2) is 11.2. The number of allylic oxidation sites excluding steroid dienone is 1. The summed E-state index contributed by atoms with van der Waals surface area (Å²) in [6.07, 6.45) is 6.37. The molecule has 1 amide bonds. The number of para-hydroxylation sites is 1. The number of ether oxygens (including phenoxy) is 1. The summed E-state index contributed by atoms with van der Waals surface area (Å²) in [6, 6.07) is 17.5. The summed E-state index contributed by atoms with van der Waals surface area (Å²) in [7, 11) is 0. The predicted molar refractivity (Wildman–Crippen MR) is 155 cm³/mol. The molecule has 1 aliphatic rings. The van der Waals surface area contributed by atoms with Gasteiger partial charge in [-0.2, -0.15) is 5.10 Å². The number of aromatic nitrogens is 4. The number of benzene rings is 2. The van der Waals surface area contributed by atoms with Crippen molar-refractivity contribution in [1.82, 2.24) is 25.1 Å². The van der Waals surface area contributed by atoms with Crippen molar-refractivity contribution in [2.75, 3.05) is 5.73 Å². The number of nitrogens with zero attached hydrogens (tertiary/aromatic N) is 5. The molecule has 0 aliphatic heterocycles. The molecule has 2 aromatic heterocycles. The monoisotopic (exact) mass is 535 g/mol. The van der Waals surface area contributed by atoms with Gasteiger partial charge in [-0.05, 0) is 67.5 Å². The molecule has 0 unspecified atom stereocenters. The van der Waals surface area contributed by atoms with Crippen molar-refractivity contribution in [2.45, 2.75) is 58.5 Å². The Morgan fingerprint density at radius 3 is 2.38 bits per heavy atom. The molecule has 204 valence electrons. The topological polar surface area (TPSA) is 112 Å². The largest absolute Gasteiger partial charge is 0.457 e. The van der Waals surface area contributed by atoms with E-state index in [4.69, 9.17) is 22.1 Å². The lowest BCUT2D eigenvalue weighted by Crippen LogP contribution is -2.38. The molecule has 4 aromatic rings. The maximum atomic E-state index is 12.7. The minimum absolute atomic E-state index is 0.00650. The van der Waals surface area contributed by atoms with E-state index in [0.29, 0.717) is 11.5 Å². The fraction of sp³-hybridized carbons (Fsp3) is 0.323. The molecular weight excluding hydrogens is 502 g/mol. The van der Waals surface area contributed by atoms with Gasteiger partial charge in [-0.1, -0.05) is 45.0 Å². The molecule has 9 nitrogen and oxygen atoms in total. The van der Waals surface area contributed by atoms with Gasteiger partial charge in [0.15, 0.2) is 5.65 Å². The third-order valence-electron chi connectivity index (χ3n) is 6.93. The number of nitrogens with one attached hydrogen (secondary N) is 1. The van der Waals surface area contributed by atoms with Crippen LogP contribution in [-0.4, -0.2) is 31.7 Å². The summed E-state index contributed by atoms with van der Waals surface area (Å²) >= 11 is 0. The first kappa shape index (κ1) is 26.9. The van der Waals surface area contributed by atoms with Crippen LogP contribution in [0.5, 0.6) is 11.5 Å². The maximum absolute atomic E-state index is 12.7. The highest BCUT2D eigenvalue weighted by Gasteiger charge is 2.28. The lowest BCUT2D eigenvalue weighted by molar-refractivity contribution is -0.118. The zero-order valence-corrected chi connectivity index (χ0v) is 23.0. The van der Waals surface area contributed by atoms with Crippen LogP contribution >= 0.6 is 0 Å². The highest BCUT2D eigenvalue weighted by Crippen LogP contribution is 2.36. The Labute approximate surface area is 233 Å². The number of carbonyl (C=O) groups is 1. The lowest BCUT2D eigenvalue weighted by Gasteiger charge is -2.29. The van der Waals surface area contributed by atoms with E-state index < -0.39 is 0 Å². The van der Waals surface area contributed by atoms with E-state index in [-0.39, 0.29) is 29.1 Å². The second-order valence-electron chi connectivity index (χ2n) is 11.2. The first-order valence-corrected chi connectivity index (χ1v) is 13.4. The first-order chi connectivity index (χ1) is 19.2. The van der Waals surface area contributed by atoms with Crippen LogP contribution in [-0.2, 0) is 4.79 Å². The Kier molecular flexibility index (Phi) is 7.52. The fourth-order valence-corrected chi connectivity index (χ4v) is 5.04. The lowest BCUT2D eigenvalue weighted by atomic mass is 9.91. The smallest absolute Gasteiger partial charge is 0.250 e. The van der Waals surface area contributed by atoms with Gasteiger partial charge in [0.05, 0.1) is 18.0 Å². The average molecular weight is 536 g/mol. The molecule has 0 bridgehead atoms. The number of nitrogens with two attached hydrogens (primary N) is 1. The Hall–Kier alpha value is -4.71. The van der Waals surface area contributed by atoms with Crippen LogP contribution in [0, 0.1) is 12.0 Å². The van der Waals surface area contributed by atoms with E-state index in [1.54, 1.807) is 6.08 Å². The predicted octanol–water partition coefficient (Wildman–Crippen LogP) is 6.32. The molecular formula is C31H33N7O2. The van der Waals surface area contributed by atoms with Gasteiger partial charge in [0.25, 0.3) is 0 Å². The average Bonchev–Trinajstić information content (AvgIpc) is 3.33. The number of hydrogen-bond acceptors (Lipinski definition) is 6. The molecule has 0 spiro atoms. The number of anilines is 1. The Morgan fingerprint density at radius 2 is 1.73 bits per heavy atom. The Balaban J connectivity index is 1.33. The molecule has 1 aliphatic carbocycles. The summed E-state index contributed by atoms with van der Waals surface area (Å²) in [5.41, 5.74) is 8.54. The third kappa shape index (κ3) is 5.96. The minimum Gasteiger partial charge on any atom is -0.457 e. The quantitative estimate of drug-likeness (QED) is 0.221. The highest BCUT2D eigenvalue weighted by atomic mass is 16.5. The van der Waals surface area contributed by atoms with Gasteiger partial charge in [0.2, 0.25) is 11.6 Å². The first-order valence-electron chi connectivity index (χ1n) is 13.4. The van der Waals surface area contributed by atoms with Crippen LogP contribution in [0.2, 0.25) is 0 Å². The van der Waals surface area contributed by atoms with Crippen LogP contribution < -0.4 is 15.8 Å². The van der Waals surface area contributed by atoms with Crippen LogP contribution in [0.15, 0.2) is 72.7 Å². The summed E-state index contributed by atoms with van der Waals surface area (Å²) in [5.74, 6) is 1.57. The van der Waals surface area contributed by atoms with Crippen molar-refractivity contribution in [3.63, 3.8) is 0 Å². The Bertz CT molecular complexity index is 1570. The van der Waals surface area contributed by atoms with Crippen molar-refractivity contribution in [2.24, 2.45) is 5.41 Å². The summed E-state index contributed by atoms with van der Waals surface area (Å²) in [5, 5.41) is 8.76. The van der Waals surface area contributed by atoms with Crippen molar-refractivity contribution < 1.29 is 9.53 Å². The highest BCUT2D eigenvalue weighted by molar-refractivity contribution is 5.98. The molecule has 0 saturated heterocycles. The summed E-state index contributed by atoms with van der Waals surface area (Å²) < 4.78 is 7.90. The molecule has 40 heavy (non-hydrogen) atoms. The van der Waals surface area contributed by atoms with Crippen LogP contribution in [0.1, 0.15) is 52.5 Å². The molecule has 2 heterocycles. The van der Waals surface area contributed by atoms with Crippen molar-refractivity contribution in [3.05, 3.63) is 84.1 Å². The molecule has 0 radical (unpaired) electrons. The third-order valence-corrected chi connectivity index (χ3v) is 6.93. The van der Waals surface area contributed by atoms with Gasteiger partial charge < -0.3 is 15.8 Å². The van der Waals surface area contributed by atoms with Crippen LogP contribution in [0.4, 0.5) is 5.82 Å². The number of fused-ring (bicyclic) bond motifs is 1. The number of nitrogen functional groups attached to an aromatic ring is 1. The minimum atomic E-state index is -0.305. The summed E-state index contributed by atoms with van der Waals surface area (Å²) in [6.45, 7) is 13.3. The van der Waals surface area contributed by atoms with Crippen molar-refractivity contribution >= 4 is 22.8 Å². The molecule has 0 atom stereocenters. The van der Waals surface area contributed by atoms with Crippen molar-refractivity contribution in [3.8, 4) is 22.8 Å². The Morgan fingerprint density at radius 1 is 1.05 bits per heavy atom. The SMILES string of the molecule is [C-]#[N+]C(=CC(C)(C)C)C(=O)NC1CCC(n2nc(-c3ccc(Oc4ccccc4)cc3)c3c(N)ncnc32)CC1. The van der Waals surface area contributed by atoms with Gasteiger partial charge in [0.1, 0.15) is 29.3 Å². The molecule has 2 aromatic carbocycles. The second-order valence-corrected chi connectivity index (χ2v) is 11.2. The molecule has 1 fully saturated rings. The van der Waals surface area contributed by atoms with E-state index >= 15 is 0 Å². The molecule has 3 N–H and O–H groups in total. The number of rotatable bonds is 6. The van der Waals surface area contributed by atoms with E-state index in [1.807, 2.05) is 80.1 Å². The van der Waals surface area contributed by atoms with Gasteiger partial charge in [-0.25, -0.2) is 19.5 Å². The number of carbonyl (C=O) groups excluding carboxylic acids is 1. The molecule has 9 heteroatoms. The molecule has 1 saturated carbocycles. The standard InChI is InChI=1S/C31H33N7O2/c1-31(2,3)18-25(33-4)30(39)36-21-12-14-22(15-13-21)38-29-26(28(32)34-19-35-29)27(37-38)20-10-16-24(17-11-20)40-23-8-6-5-7-9-23/h5-11,16-19,21-22H,12-15H2,1-3H3,(H,36,39)(H2,32,34,35). The fourth-order valence-electron chi connectivity index (χ4n) is 5.04. The summed E-state index contributed by atoms with van der Waals surface area (Å²) in [4.78, 5) is 25.0. The van der Waals surface area contributed by atoms with E-state index in [2.05, 4.69) is 20.1 Å². The van der Waals surface area contributed by atoms with Crippen LogP contribution in [0.3, 0.4) is 0 Å². The van der Waals surface area contributed by atoms with E-state index in [1.165, 1.54) is 6.33 Å². The van der Waals surface area contributed by atoms with Gasteiger partial charge in [-0.3, -0.25) is 4.79 Å². The van der Waals surface area contributed by atoms with Gasteiger partial charge >= 0.3 is 0 Å². The van der Waals surface area contributed by atoms with Gasteiger partial charge in [-0.15, -0.1) is 0 Å². The maximum Gasteiger partial charge on any atom is 0.250 e. The molecule has 5 rings (SSSR count). The van der Waals surface area contributed by atoms with Crippen LogP contribution in [0.25, 0.3) is 27.1 Å². The van der Waals surface area contributed by atoms with Crippen molar-refractivity contribution in [1.29, 1.82) is 0 Å². The van der Waals surface area contributed by atoms with Gasteiger partial charge in [0, 0.05) is 11.6 Å². The normalized spacial score (nSPS) is 17.8. The number of amides is 1. The number of hydrogen-bond donors (Lipinski definition) is 2. The van der Waals surface area contributed by atoms with E-state index in [0.717, 1.165) is 53.8 Å². The van der Waals surface area contributed by atoms with E-state index in [9.17, 15) is 4.79 Å². The zero-order chi connectivity index (χ0) is 28.3. The zero-order valence-electron chi connectivity index (χ0n) is 23.0.